The first-order valence-corrected chi connectivity index (χ1v) is 10.2. The minimum absolute atomic E-state index is 0.316. The second-order valence-corrected chi connectivity index (χ2v) is 7.69. The highest BCUT2D eigenvalue weighted by Gasteiger charge is 2.31. The van der Waals surface area contributed by atoms with Crippen LogP contribution in [0.25, 0.3) is 11.3 Å². The average Bonchev–Trinajstić information content (AvgIpc) is 2.71. The highest BCUT2D eigenvalue weighted by molar-refractivity contribution is 6.30. The van der Waals surface area contributed by atoms with Gasteiger partial charge in [0, 0.05) is 36.3 Å². The van der Waals surface area contributed by atoms with Crippen LogP contribution in [0, 0.1) is 0 Å². The number of nitrogens with one attached hydrogen (secondary N) is 2. The predicted molar refractivity (Wildman–Crippen MR) is 120 cm³/mol. The number of halogens is 4. The van der Waals surface area contributed by atoms with Crippen LogP contribution in [0.15, 0.2) is 54.6 Å². The summed E-state index contributed by atoms with van der Waals surface area (Å²) in [4.78, 5) is 11.0. The summed E-state index contributed by atoms with van der Waals surface area (Å²) in [5, 5.41) is 6.99. The Morgan fingerprint density at radius 2 is 1.78 bits per heavy atom. The summed E-state index contributed by atoms with van der Waals surface area (Å²) in [6.07, 6.45) is -4.77. The molecule has 0 fully saturated rings. The van der Waals surface area contributed by atoms with Crippen LogP contribution < -0.4 is 15.4 Å². The summed E-state index contributed by atoms with van der Waals surface area (Å²) in [7, 11) is 3.90. The van der Waals surface area contributed by atoms with E-state index in [0.29, 0.717) is 41.1 Å². The number of nitrogens with zero attached hydrogens (tertiary/aromatic N) is 3. The van der Waals surface area contributed by atoms with E-state index in [9.17, 15) is 13.2 Å². The lowest BCUT2D eigenvalue weighted by Crippen LogP contribution is -2.21. The molecule has 0 aliphatic heterocycles. The number of hydrogen-bond acceptors (Lipinski definition) is 6. The van der Waals surface area contributed by atoms with Crippen LogP contribution in [0.4, 0.5) is 24.9 Å². The molecule has 6 nitrogen and oxygen atoms in total. The molecule has 0 unspecified atom stereocenters. The molecule has 0 saturated heterocycles. The standard InChI is InChI=1S/C22H23ClF3N5O/c1-31(2)10-9-27-21-29-19(16-6-4-8-18(12-16)32-22(24,25)26)13-20(30-21)28-14-15-5-3-7-17(23)11-15/h3-8,11-13H,9-10,14H2,1-2H3,(H2,27,28,29,30). The third-order valence-corrected chi connectivity index (χ3v) is 4.53. The zero-order valence-electron chi connectivity index (χ0n) is 17.6. The van der Waals surface area contributed by atoms with E-state index in [2.05, 4.69) is 25.3 Å². The predicted octanol–water partition coefficient (Wildman–Crippen LogP) is 5.28. The van der Waals surface area contributed by atoms with E-state index >= 15 is 0 Å². The van der Waals surface area contributed by atoms with Gasteiger partial charge in [0.1, 0.15) is 11.6 Å². The lowest BCUT2D eigenvalue weighted by molar-refractivity contribution is -0.274. The zero-order chi connectivity index (χ0) is 23.1. The van der Waals surface area contributed by atoms with Crippen molar-refractivity contribution in [1.29, 1.82) is 0 Å². The number of likely N-dealkylation sites (N-methyl/N-ethyl adjacent to an activating group) is 1. The van der Waals surface area contributed by atoms with Gasteiger partial charge in [0.25, 0.3) is 0 Å². The zero-order valence-corrected chi connectivity index (χ0v) is 18.3. The molecule has 2 aromatic carbocycles. The fourth-order valence-corrected chi connectivity index (χ4v) is 3.06. The molecule has 3 aromatic rings. The first kappa shape index (κ1) is 23.6. The van der Waals surface area contributed by atoms with Crippen LogP contribution in [0.2, 0.25) is 5.02 Å². The molecule has 170 valence electrons. The highest BCUT2D eigenvalue weighted by atomic mass is 35.5. The molecule has 1 aromatic heterocycles. The molecule has 0 aliphatic carbocycles. The molecule has 32 heavy (non-hydrogen) atoms. The number of hydrogen-bond donors (Lipinski definition) is 2. The van der Waals surface area contributed by atoms with Crippen LogP contribution in [-0.4, -0.2) is 48.4 Å². The number of alkyl halides is 3. The molecule has 0 radical (unpaired) electrons. The van der Waals surface area contributed by atoms with Gasteiger partial charge in [0.2, 0.25) is 5.95 Å². The molecule has 0 amide bonds. The lowest BCUT2D eigenvalue weighted by atomic mass is 10.1. The second-order valence-electron chi connectivity index (χ2n) is 7.25. The van der Waals surface area contributed by atoms with Crippen molar-refractivity contribution in [2.45, 2.75) is 12.9 Å². The quantitative estimate of drug-likeness (QED) is 0.448. The minimum Gasteiger partial charge on any atom is -0.406 e. The van der Waals surface area contributed by atoms with Crippen molar-refractivity contribution in [1.82, 2.24) is 14.9 Å². The summed E-state index contributed by atoms with van der Waals surface area (Å²) in [6.45, 7) is 1.82. The molecule has 3 rings (SSSR count). The van der Waals surface area contributed by atoms with Gasteiger partial charge in [-0.3, -0.25) is 0 Å². The Bertz CT molecular complexity index is 1050. The van der Waals surface area contributed by atoms with E-state index in [1.807, 2.05) is 37.2 Å². The Morgan fingerprint density at radius 3 is 2.50 bits per heavy atom. The summed E-state index contributed by atoms with van der Waals surface area (Å²) < 4.78 is 41.9. The Kier molecular flexibility index (Phi) is 7.76. The van der Waals surface area contributed by atoms with Crippen LogP contribution in [0.3, 0.4) is 0 Å². The largest absolute Gasteiger partial charge is 0.573 e. The Morgan fingerprint density at radius 1 is 1.00 bits per heavy atom. The molecular weight excluding hydrogens is 443 g/mol. The maximum Gasteiger partial charge on any atom is 0.573 e. The Labute approximate surface area is 189 Å². The number of ether oxygens (including phenoxy) is 1. The number of aromatic nitrogens is 2. The van der Waals surface area contributed by atoms with E-state index < -0.39 is 6.36 Å². The first-order chi connectivity index (χ1) is 15.2. The number of benzene rings is 2. The molecule has 2 N–H and O–H groups in total. The van der Waals surface area contributed by atoms with Crippen molar-refractivity contribution >= 4 is 23.4 Å². The van der Waals surface area contributed by atoms with Gasteiger partial charge in [-0.25, -0.2) is 4.98 Å². The van der Waals surface area contributed by atoms with Crippen LogP contribution in [0.5, 0.6) is 5.75 Å². The van der Waals surface area contributed by atoms with Crippen LogP contribution in [0.1, 0.15) is 5.56 Å². The molecule has 0 saturated carbocycles. The van der Waals surface area contributed by atoms with Crippen LogP contribution >= 0.6 is 11.6 Å². The fraction of sp³-hybridized carbons (Fsp3) is 0.273. The van der Waals surface area contributed by atoms with Gasteiger partial charge in [0.15, 0.2) is 0 Å². The van der Waals surface area contributed by atoms with Crippen molar-refractivity contribution in [2.24, 2.45) is 0 Å². The average molecular weight is 466 g/mol. The van der Waals surface area contributed by atoms with Crippen molar-refractivity contribution in [3.63, 3.8) is 0 Å². The number of anilines is 2. The summed E-state index contributed by atoms with van der Waals surface area (Å²) in [5.41, 5.74) is 1.88. The van der Waals surface area contributed by atoms with Crippen LogP contribution in [-0.2, 0) is 6.54 Å². The van der Waals surface area contributed by atoms with E-state index in [0.717, 1.165) is 12.1 Å². The molecule has 0 spiro atoms. The second kappa shape index (κ2) is 10.5. The SMILES string of the molecule is CN(C)CCNc1nc(NCc2cccc(Cl)c2)cc(-c2cccc(OC(F)(F)F)c2)n1. The van der Waals surface area contributed by atoms with Crippen molar-refractivity contribution < 1.29 is 17.9 Å². The van der Waals surface area contributed by atoms with E-state index in [4.69, 9.17) is 11.6 Å². The third kappa shape index (κ3) is 7.58. The number of rotatable bonds is 9. The smallest absolute Gasteiger partial charge is 0.406 e. The molecule has 10 heteroatoms. The van der Waals surface area contributed by atoms with Gasteiger partial charge in [-0.05, 0) is 43.9 Å². The van der Waals surface area contributed by atoms with Crippen molar-refractivity contribution in [2.75, 3.05) is 37.8 Å². The normalized spacial score (nSPS) is 11.5. The van der Waals surface area contributed by atoms with E-state index in [-0.39, 0.29) is 5.75 Å². The minimum atomic E-state index is -4.77. The topological polar surface area (TPSA) is 62.3 Å². The molecule has 0 aliphatic rings. The van der Waals surface area contributed by atoms with Crippen molar-refractivity contribution in [3.8, 4) is 17.0 Å². The van der Waals surface area contributed by atoms with E-state index in [1.165, 1.54) is 18.2 Å². The molecule has 0 atom stereocenters. The van der Waals surface area contributed by atoms with Gasteiger partial charge in [-0.1, -0.05) is 35.9 Å². The van der Waals surface area contributed by atoms with Gasteiger partial charge < -0.3 is 20.3 Å². The molecule has 1 heterocycles. The van der Waals surface area contributed by atoms with Crippen molar-refractivity contribution in [3.05, 3.63) is 65.2 Å². The Hall–Kier alpha value is -3.04. The summed E-state index contributed by atoms with van der Waals surface area (Å²) >= 11 is 6.04. The van der Waals surface area contributed by atoms with Gasteiger partial charge in [-0.2, -0.15) is 4.98 Å². The maximum atomic E-state index is 12.6. The molecular formula is C22H23ClF3N5O. The maximum absolute atomic E-state index is 12.6. The highest BCUT2D eigenvalue weighted by Crippen LogP contribution is 2.28. The summed E-state index contributed by atoms with van der Waals surface area (Å²) in [6, 6.07) is 14.8. The lowest BCUT2D eigenvalue weighted by Gasteiger charge is -2.14. The summed E-state index contributed by atoms with van der Waals surface area (Å²) in [5.74, 6) is 0.564. The third-order valence-electron chi connectivity index (χ3n) is 4.29. The van der Waals surface area contributed by atoms with Gasteiger partial charge in [0.05, 0.1) is 5.69 Å². The fourth-order valence-electron chi connectivity index (χ4n) is 2.85. The van der Waals surface area contributed by atoms with Gasteiger partial charge in [-0.15, -0.1) is 13.2 Å². The van der Waals surface area contributed by atoms with E-state index in [1.54, 1.807) is 18.2 Å². The van der Waals surface area contributed by atoms with Gasteiger partial charge >= 0.3 is 6.36 Å². The first-order valence-electron chi connectivity index (χ1n) is 9.80. The Balaban J connectivity index is 1.86. The molecule has 0 bridgehead atoms. The monoisotopic (exact) mass is 465 g/mol.